The summed E-state index contributed by atoms with van der Waals surface area (Å²) in [6, 6.07) is 1.17. The lowest BCUT2D eigenvalue weighted by atomic mass is 10.0. The Kier molecular flexibility index (Phi) is 3.75. The van der Waals surface area contributed by atoms with Gasteiger partial charge in [0.15, 0.2) is 17.5 Å². The monoisotopic (exact) mass is 213 g/mol. The molecule has 0 aliphatic heterocycles. The van der Waals surface area contributed by atoms with Crippen LogP contribution in [-0.4, -0.2) is 0 Å². The van der Waals surface area contributed by atoms with Crippen molar-refractivity contribution < 1.29 is 13.2 Å². The molecule has 1 atom stereocenters. The van der Waals surface area contributed by atoms with E-state index in [1.165, 1.54) is 0 Å². The molecule has 0 saturated heterocycles. The fourth-order valence-electron chi connectivity index (χ4n) is 1.12. The number of halogens is 3. The molecule has 15 heavy (non-hydrogen) atoms. The lowest BCUT2D eigenvalue weighted by Gasteiger charge is -2.09. The van der Waals surface area contributed by atoms with Crippen molar-refractivity contribution in [2.45, 2.75) is 19.4 Å². The van der Waals surface area contributed by atoms with Crippen molar-refractivity contribution in [3.8, 4) is 11.8 Å². The molecular formula is C11H10F3N. The van der Waals surface area contributed by atoms with Gasteiger partial charge in [0.05, 0.1) is 0 Å². The van der Waals surface area contributed by atoms with Gasteiger partial charge in [-0.3, -0.25) is 0 Å². The van der Waals surface area contributed by atoms with E-state index >= 15 is 0 Å². The Labute approximate surface area is 86.1 Å². The van der Waals surface area contributed by atoms with Crippen LogP contribution in [-0.2, 0) is 0 Å². The van der Waals surface area contributed by atoms with E-state index in [0.717, 1.165) is 12.1 Å². The summed E-state index contributed by atoms with van der Waals surface area (Å²) in [5.41, 5.74) is 5.81. The Balaban J connectivity index is 2.98. The highest BCUT2D eigenvalue weighted by Gasteiger charge is 2.13. The summed E-state index contributed by atoms with van der Waals surface area (Å²) >= 11 is 0. The van der Waals surface area contributed by atoms with Crippen LogP contribution in [0.4, 0.5) is 13.2 Å². The van der Waals surface area contributed by atoms with Crippen LogP contribution < -0.4 is 5.73 Å². The zero-order chi connectivity index (χ0) is 11.4. The van der Waals surface area contributed by atoms with Gasteiger partial charge in [-0.25, -0.2) is 13.2 Å². The second-order valence-corrected chi connectivity index (χ2v) is 3.04. The zero-order valence-corrected chi connectivity index (χ0v) is 8.15. The van der Waals surface area contributed by atoms with Gasteiger partial charge in [-0.15, -0.1) is 11.8 Å². The molecule has 2 N–H and O–H groups in total. The molecule has 80 valence electrons. The highest BCUT2D eigenvalue weighted by molar-refractivity contribution is 5.23. The lowest BCUT2D eigenvalue weighted by Crippen LogP contribution is -2.10. The van der Waals surface area contributed by atoms with Crippen molar-refractivity contribution in [1.82, 2.24) is 0 Å². The Bertz CT molecular complexity index is 395. The molecule has 0 bridgehead atoms. The molecule has 1 aromatic rings. The first-order valence-corrected chi connectivity index (χ1v) is 4.36. The van der Waals surface area contributed by atoms with Crippen LogP contribution in [0, 0.1) is 29.3 Å². The quantitative estimate of drug-likeness (QED) is 0.593. The maximum Gasteiger partial charge on any atom is 0.194 e. The van der Waals surface area contributed by atoms with Gasteiger partial charge in [0, 0.05) is 12.5 Å². The Morgan fingerprint density at radius 1 is 1.27 bits per heavy atom. The maximum absolute atomic E-state index is 12.8. The maximum atomic E-state index is 12.8. The van der Waals surface area contributed by atoms with Gasteiger partial charge in [-0.1, -0.05) is 0 Å². The molecule has 4 heteroatoms. The molecule has 0 amide bonds. The van der Waals surface area contributed by atoms with E-state index in [1.807, 2.05) is 0 Å². The van der Waals surface area contributed by atoms with Crippen LogP contribution in [0.25, 0.3) is 0 Å². The van der Waals surface area contributed by atoms with Crippen LogP contribution in [0.2, 0.25) is 0 Å². The minimum Gasteiger partial charge on any atom is -0.323 e. The summed E-state index contributed by atoms with van der Waals surface area (Å²) in [5, 5.41) is 0. The topological polar surface area (TPSA) is 26.0 Å². The summed E-state index contributed by atoms with van der Waals surface area (Å²) in [5.74, 6) is 1.36. The van der Waals surface area contributed by atoms with E-state index in [2.05, 4.69) is 11.8 Å². The third kappa shape index (κ3) is 2.74. The summed E-state index contributed by atoms with van der Waals surface area (Å²) < 4.78 is 38.2. The second kappa shape index (κ2) is 4.85. The second-order valence-electron chi connectivity index (χ2n) is 3.04. The predicted octanol–water partition coefficient (Wildman–Crippen LogP) is 2.52. The molecule has 1 rings (SSSR count). The van der Waals surface area contributed by atoms with Gasteiger partial charge in [0.2, 0.25) is 0 Å². The summed E-state index contributed by atoms with van der Waals surface area (Å²) in [4.78, 5) is 0. The molecule has 0 spiro atoms. The first-order chi connectivity index (χ1) is 7.06. The van der Waals surface area contributed by atoms with E-state index in [0.29, 0.717) is 0 Å². The van der Waals surface area contributed by atoms with E-state index in [-0.39, 0.29) is 12.0 Å². The van der Waals surface area contributed by atoms with Gasteiger partial charge in [-0.2, -0.15) is 0 Å². The van der Waals surface area contributed by atoms with E-state index in [1.54, 1.807) is 6.92 Å². The van der Waals surface area contributed by atoms with Crippen molar-refractivity contribution in [3.05, 3.63) is 35.1 Å². The third-order valence-electron chi connectivity index (χ3n) is 1.93. The summed E-state index contributed by atoms with van der Waals surface area (Å²) in [6.45, 7) is 1.64. The van der Waals surface area contributed by atoms with Crippen molar-refractivity contribution >= 4 is 0 Å². The fourth-order valence-corrected chi connectivity index (χ4v) is 1.12. The van der Waals surface area contributed by atoms with Crippen molar-refractivity contribution in [2.24, 2.45) is 5.73 Å². The highest BCUT2D eigenvalue weighted by Crippen LogP contribution is 2.19. The molecular weight excluding hydrogens is 203 g/mol. The summed E-state index contributed by atoms with van der Waals surface area (Å²) in [6.07, 6.45) is 0.279. The minimum atomic E-state index is -1.48. The normalized spacial score (nSPS) is 11.8. The molecule has 0 aliphatic rings. The van der Waals surface area contributed by atoms with Gasteiger partial charge in [-0.05, 0) is 24.6 Å². The van der Waals surface area contributed by atoms with Crippen molar-refractivity contribution in [3.63, 3.8) is 0 Å². The van der Waals surface area contributed by atoms with Crippen LogP contribution >= 0.6 is 0 Å². The average molecular weight is 213 g/mol. The largest absolute Gasteiger partial charge is 0.323 e. The predicted molar refractivity (Wildman–Crippen MR) is 51.3 cm³/mol. The number of nitrogens with two attached hydrogens (primary N) is 1. The molecule has 0 fully saturated rings. The molecule has 0 aromatic heterocycles. The van der Waals surface area contributed by atoms with Gasteiger partial charge in [0.25, 0.3) is 0 Å². The van der Waals surface area contributed by atoms with Crippen LogP contribution in [0.1, 0.15) is 24.9 Å². The number of hydrogen-bond acceptors (Lipinski definition) is 1. The van der Waals surface area contributed by atoms with E-state index in [4.69, 9.17) is 5.73 Å². The van der Waals surface area contributed by atoms with E-state index < -0.39 is 23.5 Å². The molecule has 1 unspecified atom stereocenters. The molecule has 1 nitrogen and oxygen atoms in total. The highest BCUT2D eigenvalue weighted by atomic mass is 19.2. The molecule has 1 aromatic carbocycles. The lowest BCUT2D eigenvalue weighted by molar-refractivity contribution is 0.443. The third-order valence-corrected chi connectivity index (χ3v) is 1.93. The molecule has 0 saturated carbocycles. The van der Waals surface area contributed by atoms with Crippen molar-refractivity contribution in [2.75, 3.05) is 0 Å². The molecule has 0 radical (unpaired) electrons. The fraction of sp³-hybridized carbons (Fsp3) is 0.273. The van der Waals surface area contributed by atoms with Crippen molar-refractivity contribution in [1.29, 1.82) is 0 Å². The first-order valence-electron chi connectivity index (χ1n) is 4.36. The SMILES string of the molecule is CC#CCC(N)c1cc(F)c(F)c(F)c1. The Morgan fingerprint density at radius 2 is 1.80 bits per heavy atom. The molecule has 0 heterocycles. The van der Waals surface area contributed by atoms with Crippen LogP contribution in [0.3, 0.4) is 0 Å². The van der Waals surface area contributed by atoms with Gasteiger partial charge < -0.3 is 5.73 Å². The number of benzene rings is 1. The zero-order valence-electron chi connectivity index (χ0n) is 8.15. The minimum absolute atomic E-state index is 0.203. The Hall–Kier alpha value is -1.47. The van der Waals surface area contributed by atoms with Crippen LogP contribution in [0.5, 0.6) is 0 Å². The smallest absolute Gasteiger partial charge is 0.194 e. The summed E-state index contributed by atoms with van der Waals surface area (Å²) in [7, 11) is 0. The van der Waals surface area contributed by atoms with Gasteiger partial charge >= 0.3 is 0 Å². The first kappa shape index (κ1) is 11.6. The average Bonchev–Trinajstić information content (AvgIpc) is 2.21. The number of hydrogen-bond donors (Lipinski definition) is 1. The van der Waals surface area contributed by atoms with Gasteiger partial charge in [0.1, 0.15) is 0 Å². The van der Waals surface area contributed by atoms with Crippen LogP contribution in [0.15, 0.2) is 12.1 Å². The number of rotatable bonds is 2. The molecule has 0 aliphatic carbocycles. The Morgan fingerprint density at radius 3 is 2.27 bits per heavy atom. The standard InChI is InChI=1S/C11H10F3N/c1-2-3-4-10(15)7-5-8(12)11(14)9(13)6-7/h5-6,10H,4,15H2,1H3. The van der Waals surface area contributed by atoms with E-state index in [9.17, 15) is 13.2 Å².